The molecule has 0 unspecified atom stereocenters. The van der Waals surface area contributed by atoms with Gasteiger partial charge in [-0.05, 0) is 38.1 Å². The third-order valence-electron chi connectivity index (χ3n) is 2.08. The van der Waals surface area contributed by atoms with Crippen molar-refractivity contribution >= 4 is 12.5 Å². The van der Waals surface area contributed by atoms with E-state index in [9.17, 15) is 0 Å². The van der Waals surface area contributed by atoms with Crippen LogP contribution in [0.5, 0.6) is 0 Å². The number of aliphatic imine (C=N–C) groups is 1. The van der Waals surface area contributed by atoms with E-state index in [-0.39, 0.29) is 0 Å². The van der Waals surface area contributed by atoms with E-state index in [1.54, 1.807) is 0 Å². The van der Waals surface area contributed by atoms with Crippen LogP contribution in [0.3, 0.4) is 0 Å². The normalized spacial score (nSPS) is 10.1. The van der Waals surface area contributed by atoms with Gasteiger partial charge in [-0.1, -0.05) is 6.92 Å². The van der Waals surface area contributed by atoms with Gasteiger partial charge < -0.3 is 4.98 Å². The molecule has 0 aliphatic heterocycles. The van der Waals surface area contributed by atoms with E-state index < -0.39 is 0 Å². The minimum absolute atomic E-state index is 0.916. The van der Waals surface area contributed by atoms with E-state index in [0.717, 1.165) is 12.2 Å². The second-order valence-electron chi connectivity index (χ2n) is 2.71. The van der Waals surface area contributed by atoms with Crippen LogP contribution in [0, 0.1) is 13.8 Å². The van der Waals surface area contributed by atoms with Crippen molar-refractivity contribution in [3.05, 3.63) is 16.8 Å². The third-order valence-corrected chi connectivity index (χ3v) is 2.08. The van der Waals surface area contributed by atoms with E-state index in [2.05, 4.69) is 37.5 Å². The van der Waals surface area contributed by atoms with Crippen molar-refractivity contribution in [2.24, 2.45) is 4.99 Å². The van der Waals surface area contributed by atoms with Gasteiger partial charge in [-0.3, -0.25) is 0 Å². The molecule has 0 amide bonds. The van der Waals surface area contributed by atoms with E-state index >= 15 is 0 Å². The largest absolute Gasteiger partial charge is 0.344 e. The molecule has 0 fully saturated rings. The Bertz CT molecular complexity index is 271. The maximum Gasteiger partial charge on any atom is 0.132 e. The summed E-state index contributed by atoms with van der Waals surface area (Å²) in [5.41, 5.74) is 3.82. The number of aromatic amines is 1. The Labute approximate surface area is 67.4 Å². The Morgan fingerprint density at radius 1 is 1.45 bits per heavy atom. The van der Waals surface area contributed by atoms with E-state index in [0.29, 0.717) is 0 Å². The highest BCUT2D eigenvalue weighted by Gasteiger charge is 2.06. The molecule has 2 nitrogen and oxygen atoms in total. The summed E-state index contributed by atoms with van der Waals surface area (Å²) in [5, 5.41) is 0. The molecule has 0 radical (unpaired) electrons. The van der Waals surface area contributed by atoms with Crippen LogP contribution < -0.4 is 0 Å². The Morgan fingerprint density at radius 3 is 2.36 bits per heavy atom. The highest BCUT2D eigenvalue weighted by atomic mass is 14.9. The second kappa shape index (κ2) is 2.91. The molecule has 1 aromatic rings. The van der Waals surface area contributed by atoms with Crippen molar-refractivity contribution in [2.75, 3.05) is 0 Å². The van der Waals surface area contributed by atoms with Gasteiger partial charge in [0, 0.05) is 5.69 Å². The molecule has 0 aliphatic rings. The zero-order valence-corrected chi connectivity index (χ0v) is 7.36. The fourth-order valence-electron chi connectivity index (χ4n) is 1.46. The lowest BCUT2D eigenvalue weighted by molar-refractivity contribution is 1.08. The summed E-state index contributed by atoms with van der Waals surface area (Å²) in [6.45, 7) is 9.79. The van der Waals surface area contributed by atoms with Crippen molar-refractivity contribution < 1.29 is 0 Å². The quantitative estimate of drug-likeness (QED) is 0.627. The SMILES string of the molecule is C=Nc1[nH]c(C)c(CC)c1C. The molecule has 60 valence electrons. The number of nitrogens with one attached hydrogen (secondary N) is 1. The molecule has 0 bridgehead atoms. The molecule has 1 N–H and O–H groups in total. The first-order valence-electron chi connectivity index (χ1n) is 3.85. The molecule has 1 heterocycles. The molecule has 0 saturated carbocycles. The summed E-state index contributed by atoms with van der Waals surface area (Å²) in [5.74, 6) is 0.916. The van der Waals surface area contributed by atoms with Crippen LogP contribution in [0.2, 0.25) is 0 Å². The molecule has 0 aromatic carbocycles. The standard InChI is InChI=1S/C9H14N2/c1-5-8-6(2)9(10-4)11-7(8)3/h11H,4-5H2,1-3H3. The first-order valence-corrected chi connectivity index (χ1v) is 3.85. The maximum absolute atomic E-state index is 3.89. The molecule has 0 aliphatic carbocycles. The van der Waals surface area contributed by atoms with Crippen molar-refractivity contribution in [3.8, 4) is 0 Å². The first kappa shape index (κ1) is 8.05. The lowest BCUT2D eigenvalue weighted by Gasteiger charge is -1.94. The van der Waals surface area contributed by atoms with Crippen LogP contribution in [0.15, 0.2) is 4.99 Å². The lowest BCUT2D eigenvalue weighted by atomic mass is 10.1. The average Bonchev–Trinajstić information content (AvgIpc) is 2.26. The number of rotatable bonds is 2. The van der Waals surface area contributed by atoms with Gasteiger partial charge >= 0.3 is 0 Å². The predicted octanol–water partition coefficient (Wildman–Crippen LogP) is 2.53. The molecular formula is C9H14N2. The molecular weight excluding hydrogens is 136 g/mol. The van der Waals surface area contributed by atoms with Crippen LogP contribution in [-0.2, 0) is 6.42 Å². The second-order valence-corrected chi connectivity index (χ2v) is 2.71. The topological polar surface area (TPSA) is 28.1 Å². The first-order chi connectivity index (χ1) is 5.20. The lowest BCUT2D eigenvalue weighted by Crippen LogP contribution is -1.82. The zero-order chi connectivity index (χ0) is 8.43. The monoisotopic (exact) mass is 150 g/mol. The molecule has 0 saturated heterocycles. The van der Waals surface area contributed by atoms with Crippen LogP contribution in [-0.4, -0.2) is 11.7 Å². The van der Waals surface area contributed by atoms with Gasteiger partial charge in [0.25, 0.3) is 0 Å². The van der Waals surface area contributed by atoms with Gasteiger partial charge in [-0.15, -0.1) is 0 Å². The van der Waals surface area contributed by atoms with Gasteiger partial charge in [-0.25, -0.2) is 4.99 Å². The van der Waals surface area contributed by atoms with Crippen molar-refractivity contribution in [1.82, 2.24) is 4.98 Å². The molecule has 0 spiro atoms. The van der Waals surface area contributed by atoms with Crippen LogP contribution >= 0.6 is 0 Å². The van der Waals surface area contributed by atoms with Gasteiger partial charge in [0.15, 0.2) is 0 Å². The predicted molar refractivity (Wildman–Crippen MR) is 48.9 cm³/mol. The fourth-order valence-corrected chi connectivity index (χ4v) is 1.46. The number of hydrogen-bond donors (Lipinski definition) is 1. The minimum Gasteiger partial charge on any atom is -0.344 e. The van der Waals surface area contributed by atoms with E-state index in [1.807, 2.05) is 0 Å². The molecule has 11 heavy (non-hydrogen) atoms. The summed E-state index contributed by atoms with van der Waals surface area (Å²) in [4.78, 5) is 7.08. The van der Waals surface area contributed by atoms with E-state index in [4.69, 9.17) is 0 Å². The third kappa shape index (κ3) is 1.20. The highest BCUT2D eigenvalue weighted by Crippen LogP contribution is 2.23. The molecule has 1 aromatic heterocycles. The van der Waals surface area contributed by atoms with Gasteiger partial charge in [0.2, 0.25) is 0 Å². The van der Waals surface area contributed by atoms with Gasteiger partial charge in [0.05, 0.1) is 0 Å². The summed E-state index contributed by atoms with van der Waals surface area (Å²) in [6, 6.07) is 0. The van der Waals surface area contributed by atoms with E-state index in [1.165, 1.54) is 16.8 Å². The average molecular weight is 150 g/mol. The Kier molecular flexibility index (Phi) is 2.13. The summed E-state index contributed by atoms with van der Waals surface area (Å²) < 4.78 is 0. The van der Waals surface area contributed by atoms with Gasteiger partial charge in [0.1, 0.15) is 5.82 Å². The van der Waals surface area contributed by atoms with Crippen LogP contribution in [0.25, 0.3) is 0 Å². The summed E-state index contributed by atoms with van der Waals surface area (Å²) in [7, 11) is 0. The summed E-state index contributed by atoms with van der Waals surface area (Å²) in [6.07, 6.45) is 1.06. The van der Waals surface area contributed by atoms with Crippen molar-refractivity contribution in [2.45, 2.75) is 27.2 Å². The van der Waals surface area contributed by atoms with Gasteiger partial charge in [-0.2, -0.15) is 0 Å². The Balaban J connectivity index is 3.24. The van der Waals surface area contributed by atoms with Crippen molar-refractivity contribution in [1.29, 1.82) is 0 Å². The maximum atomic E-state index is 3.89. The van der Waals surface area contributed by atoms with Crippen molar-refractivity contribution in [3.63, 3.8) is 0 Å². The number of aryl methyl sites for hydroxylation is 1. The summed E-state index contributed by atoms with van der Waals surface area (Å²) >= 11 is 0. The highest BCUT2D eigenvalue weighted by molar-refractivity contribution is 5.51. The number of H-pyrrole nitrogens is 1. The molecule has 2 heteroatoms. The fraction of sp³-hybridized carbons (Fsp3) is 0.444. The Morgan fingerprint density at radius 2 is 2.09 bits per heavy atom. The Hall–Kier alpha value is -1.05. The van der Waals surface area contributed by atoms with Crippen LogP contribution in [0.4, 0.5) is 5.82 Å². The number of hydrogen-bond acceptors (Lipinski definition) is 1. The zero-order valence-electron chi connectivity index (χ0n) is 7.36. The minimum atomic E-state index is 0.916. The number of nitrogens with zero attached hydrogens (tertiary/aromatic N) is 1. The number of aromatic nitrogens is 1. The molecule has 1 rings (SSSR count). The molecule has 0 atom stereocenters. The van der Waals surface area contributed by atoms with Crippen LogP contribution in [0.1, 0.15) is 23.7 Å². The smallest absolute Gasteiger partial charge is 0.132 e.